The number of amides is 2. The van der Waals surface area contributed by atoms with Gasteiger partial charge in [-0.3, -0.25) is 14.4 Å². The number of fused-ring (bicyclic) bond motifs is 1. The number of carbonyl (C=O) groups excluding carboxylic acids is 2. The molecule has 2 amide bonds. The van der Waals surface area contributed by atoms with Crippen molar-refractivity contribution in [2.45, 2.75) is 13.3 Å². The second-order valence-corrected chi connectivity index (χ2v) is 4.53. The number of hydrogen-bond acceptors (Lipinski definition) is 3. The van der Waals surface area contributed by atoms with E-state index in [1.54, 1.807) is 18.9 Å². The fraction of sp³-hybridized carbons (Fsp3) is 0.417. The highest BCUT2D eigenvalue weighted by Crippen LogP contribution is 2.22. The lowest BCUT2D eigenvalue weighted by atomic mass is 9.94. The van der Waals surface area contributed by atoms with Crippen LogP contribution >= 0.6 is 0 Å². The molecule has 96 valence electrons. The van der Waals surface area contributed by atoms with Crippen molar-refractivity contribution in [2.75, 3.05) is 13.6 Å². The summed E-state index contributed by atoms with van der Waals surface area (Å²) in [5.74, 6) is -0.905. The number of carbonyl (C=O) groups is 2. The molecular weight excluding hydrogens is 234 g/mol. The number of aromatic nitrogens is 1. The summed E-state index contributed by atoms with van der Waals surface area (Å²) < 4.78 is 1.23. The van der Waals surface area contributed by atoms with E-state index < -0.39 is 5.91 Å². The Kier molecular flexibility index (Phi) is 2.73. The van der Waals surface area contributed by atoms with Gasteiger partial charge in [-0.2, -0.15) is 0 Å². The van der Waals surface area contributed by atoms with Crippen LogP contribution < -0.4 is 11.3 Å². The van der Waals surface area contributed by atoms with Crippen molar-refractivity contribution < 1.29 is 9.59 Å². The molecule has 1 aromatic rings. The number of hydrogen-bond donors (Lipinski definition) is 1. The molecule has 1 aliphatic rings. The van der Waals surface area contributed by atoms with Crippen LogP contribution in [-0.4, -0.2) is 34.9 Å². The van der Waals surface area contributed by atoms with Crippen LogP contribution in [0.25, 0.3) is 0 Å². The van der Waals surface area contributed by atoms with Crippen LogP contribution in [0.2, 0.25) is 0 Å². The molecule has 0 saturated heterocycles. The zero-order chi connectivity index (χ0) is 13.6. The topological polar surface area (TPSA) is 85.4 Å². The van der Waals surface area contributed by atoms with Gasteiger partial charge in [0, 0.05) is 26.2 Å². The highest BCUT2D eigenvalue weighted by atomic mass is 16.2. The third-order valence-corrected chi connectivity index (χ3v) is 3.41. The largest absolute Gasteiger partial charge is 0.364 e. The van der Waals surface area contributed by atoms with E-state index in [9.17, 15) is 14.4 Å². The summed E-state index contributed by atoms with van der Waals surface area (Å²) >= 11 is 0. The predicted octanol–water partition coefficient (Wildman–Crippen LogP) is -0.579. The van der Waals surface area contributed by atoms with E-state index in [0.29, 0.717) is 29.7 Å². The van der Waals surface area contributed by atoms with Crippen molar-refractivity contribution >= 4 is 11.8 Å². The van der Waals surface area contributed by atoms with Crippen molar-refractivity contribution in [3.05, 3.63) is 32.7 Å². The summed E-state index contributed by atoms with van der Waals surface area (Å²) in [6.07, 6.45) is 0.533. The summed E-state index contributed by atoms with van der Waals surface area (Å²) in [6.45, 7) is 2.12. The van der Waals surface area contributed by atoms with Crippen LogP contribution in [0.15, 0.2) is 4.79 Å². The molecule has 0 bridgehead atoms. The Bertz CT molecular complexity index is 616. The van der Waals surface area contributed by atoms with Crippen LogP contribution in [-0.2, 0) is 13.5 Å². The highest BCUT2D eigenvalue weighted by molar-refractivity contribution is 6.02. The van der Waals surface area contributed by atoms with Crippen molar-refractivity contribution in [1.29, 1.82) is 0 Å². The fourth-order valence-electron chi connectivity index (χ4n) is 2.43. The molecule has 2 N–H and O–H groups in total. The van der Waals surface area contributed by atoms with E-state index >= 15 is 0 Å². The Morgan fingerprint density at radius 3 is 2.44 bits per heavy atom. The first kappa shape index (κ1) is 12.3. The molecule has 2 heterocycles. The van der Waals surface area contributed by atoms with Gasteiger partial charge < -0.3 is 15.2 Å². The van der Waals surface area contributed by atoms with E-state index in [2.05, 4.69) is 0 Å². The summed E-state index contributed by atoms with van der Waals surface area (Å²) in [7, 11) is 3.17. The molecule has 0 spiro atoms. The van der Waals surface area contributed by atoms with Gasteiger partial charge in [-0.05, 0) is 18.9 Å². The Morgan fingerprint density at radius 1 is 1.28 bits per heavy atom. The number of nitrogens with two attached hydrogens (primary N) is 1. The SMILES string of the molecule is Cc1c2c(c(C(N)=O)n(C)c1=O)CCN(C)C2=O. The normalized spacial score (nSPS) is 14.6. The number of nitrogens with zero attached hydrogens (tertiary/aromatic N) is 2. The molecule has 1 aromatic heterocycles. The maximum absolute atomic E-state index is 12.1. The van der Waals surface area contributed by atoms with E-state index in [1.807, 2.05) is 0 Å². The van der Waals surface area contributed by atoms with Crippen molar-refractivity contribution in [2.24, 2.45) is 12.8 Å². The Morgan fingerprint density at radius 2 is 1.89 bits per heavy atom. The highest BCUT2D eigenvalue weighted by Gasteiger charge is 2.30. The Labute approximate surface area is 104 Å². The van der Waals surface area contributed by atoms with Crippen LogP contribution in [0.4, 0.5) is 0 Å². The van der Waals surface area contributed by atoms with E-state index in [1.165, 1.54) is 11.6 Å². The van der Waals surface area contributed by atoms with Gasteiger partial charge >= 0.3 is 0 Å². The molecule has 0 fully saturated rings. The van der Waals surface area contributed by atoms with E-state index in [-0.39, 0.29) is 17.2 Å². The van der Waals surface area contributed by atoms with Crippen LogP contribution in [0.3, 0.4) is 0 Å². The second kappa shape index (κ2) is 3.97. The first-order valence-electron chi connectivity index (χ1n) is 5.64. The number of rotatable bonds is 1. The maximum Gasteiger partial charge on any atom is 0.265 e. The molecule has 18 heavy (non-hydrogen) atoms. The van der Waals surface area contributed by atoms with Crippen molar-refractivity contribution in [1.82, 2.24) is 9.47 Å². The average molecular weight is 249 g/mol. The standard InChI is InChI=1S/C12H15N3O3/c1-6-8-7(4-5-14(2)12(8)18)9(10(13)16)15(3)11(6)17/h4-5H2,1-3H3,(H2,13,16). The predicted molar refractivity (Wildman–Crippen MR) is 65.6 cm³/mol. The van der Waals surface area contributed by atoms with Gasteiger partial charge in [-0.15, -0.1) is 0 Å². The Balaban J connectivity index is 2.89. The number of likely N-dealkylation sites (N-methyl/N-ethyl adjacent to an activating group) is 1. The van der Waals surface area contributed by atoms with Gasteiger partial charge in [0.05, 0.1) is 5.56 Å². The van der Waals surface area contributed by atoms with Gasteiger partial charge in [-0.25, -0.2) is 0 Å². The average Bonchev–Trinajstić information content (AvgIpc) is 2.30. The monoisotopic (exact) mass is 249 g/mol. The van der Waals surface area contributed by atoms with Crippen LogP contribution in [0.5, 0.6) is 0 Å². The molecule has 6 nitrogen and oxygen atoms in total. The lowest BCUT2D eigenvalue weighted by Crippen LogP contribution is -2.41. The molecule has 0 aromatic carbocycles. The van der Waals surface area contributed by atoms with Gasteiger partial charge in [0.2, 0.25) is 0 Å². The molecule has 0 atom stereocenters. The van der Waals surface area contributed by atoms with Crippen LogP contribution in [0, 0.1) is 6.92 Å². The summed E-state index contributed by atoms with van der Waals surface area (Å²) in [4.78, 5) is 37.1. The zero-order valence-electron chi connectivity index (χ0n) is 10.6. The molecule has 1 aliphatic heterocycles. The van der Waals surface area contributed by atoms with E-state index in [4.69, 9.17) is 5.73 Å². The van der Waals surface area contributed by atoms with Gasteiger partial charge in [0.1, 0.15) is 5.69 Å². The summed E-state index contributed by atoms with van der Waals surface area (Å²) in [5.41, 5.74) is 6.39. The molecule has 0 saturated carbocycles. The zero-order valence-corrected chi connectivity index (χ0v) is 10.6. The molecule has 6 heteroatoms. The quantitative estimate of drug-likeness (QED) is 0.722. The lowest BCUT2D eigenvalue weighted by Gasteiger charge is -2.28. The molecular formula is C12H15N3O3. The molecule has 0 radical (unpaired) electrons. The van der Waals surface area contributed by atoms with Crippen molar-refractivity contribution in [3.63, 3.8) is 0 Å². The first-order valence-corrected chi connectivity index (χ1v) is 5.64. The smallest absolute Gasteiger partial charge is 0.265 e. The minimum Gasteiger partial charge on any atom is -0.364 e. The molecule has 0 unspecified atom stereocenters. The minimum absolute atomic E-state index is 0.141. The lowest BCUT2D eigenvalue weighted by molar-refractivity contribution is 0.0779. The maximum atomic E-state index is 12.1. The molecule has 0 aliphatic carbocycles. The van der Waals surface area contributed by atoms with Crippen LogP contribution in [0.1, 0.15) is 32.0 Å². The van der Waals surface area contributed by atoms with Crippen molar-refractivity contribution in [3.8, 4) is 0 Å². The number of pyridine rings is 1. The van der Waals surface area contributed by atoms with Gasteiger partial charge in [0.15, 0.2) is 0 Å². The van der Waals surface area contributed by atoms with E-state index in [0.717, 1.165) is 0 Å². The first-order chi connectivity index (χ1) is 8.36. The Hall–Kier alpha value is -2.11. The summed E-state index contributed by atoms with van der Waals surface area (Å²) in [5, 5.41) is 0. The third-order valence-electron chi connectivity index (χ3n) is 3.41. The minimum atomic E-state index is -0.678. The van der Waals surface area contributed by atoms with Gasteiger partial charge in [0.25, 0.3) is 17.4 Å². The fourth-order valence-corrected chi connectivity index (χ4v) is 2.43. The number of primary amides is 1. The third kappa shape index (κ3) is 1.53. The van der Waals surface area contributed by atoms with Gasteiger partial charge in [-0.1, -0.05) is 0 Å². The second-order valence-electron chi connectivity index (χ2n) is 4.53. The summed E-state index contributed by atoms with van der Waals surface area (Å²) in [6, 6.07) is 0. The molecule has 2 rings (SSSR count).